The summed E-state index contributed by atoms with van der Waals surface area (Å²) in [5, 5.41) is 0.872. The number of ether oxygens (including phenoxy) is 1. The van der Waals surface area contributed by atoms with Crippen molar-refractivity contribution in [2.75, 3.05) is 6.54 Å². The van der Waals surface area contributed by atoms with Crippen molar-refractivity contribution in [3.63, 3.8) is 0 Å². The van der Waals surface area contributed by atoms with Crippen LogP contribution in [0.3, 0.4) is 0 Å². The van der Waals surface area contributed by atoms with Gasteiger partial charge in [0.05, 0.1) is 0 Å². The summed E-state index contributed by atoms with van der Waals surface area (Å²) in [7, 11) is 0. The van der Waals surface area contributed by atoms with Crippen molar-refractivity contribution in [2.45, 2.75) is 51.6 Å². The van der Waals surface area contributed by atoms with E-state index in [0.717, 1.165) is 18.3 Å². The Morgan fingerprint density at radius 3 is 2.70 bits per heavy atom. The van der Waals surface area contributed by atoms with E-state index in [4.69, 9.17) is 4.74 Å². The number of amides is 1. The number of fused-ring (bicyclic) bond motifs is 1. The summed E-state index contributed by atoms with van der Waals surface area (Å²) in [5.41, 5.74) is 4.75. The molecule has 1 aromatic carbocycles. The summed E-state index contributed by atoms with van der Waals surface area (Å²) in [6, 6.07) is 4.43. The summed E-state index contributed by atoms with van der Waals surface area (Å²) in [4.78, 5) is 14.0. The number of hydrogen-bond donors (Lipinski definition) is 0. The van der Waals surface area contributed by atoms with E-state index in [1.165, 1.54) is 22.3 Å². The molecule has 0 spiro atoms. The van der Waals surface area contributed by atoms with Crippen LogP contribution in [0.15, 0.2) is 12.1 Å². The molecule has 0 bridgehead atoms. The van der Waals surface area contributed by atoms with E-state index in [1.54, 1.807) is 4.90 Å². The first-order valence-corrected chi connectivity index (χ1v) is 8.07. The lowest BCUT2D eigenvalue weighted by Gasteiger charge is -2.32. The van der Waals surface area contributed by atoms with Crippen LogP contribution in [0, 0.1) is 6.92 Å². The Morgan fingerprint density at radius 2 is 2.10 bits per heavy atom. The standard InChI is InChI=1S/C16H22BrNO2/c1-11-7-12(9-17)8-13-5-6-18(10-14(11)13)15(19)20-16(2,3)4/h7-8H,5-6,9-10H2,1-4H3. The first kappa shape index (κ1) is 15.4. The minimum atomic E-state index is -0.438. The molecule has 2 rings (SSSR count). The molecule has 0 radical (unpaired) electrons. The van der Waals surface area contributed by atoms with Crippen LogP contribution < -0.4 is 0 Å². The minimum absolute atomic E-state index is 0.216. The zero-order valence-corrected chi connectivity index (χ0v) is 14.2. The number of alkyl halides is 1. The van der Waals surface area contributed by atoms with E-state index in [1.807, 2.05) is 20.8 Å². The third kappa shape index (κ3) is 3.54. The van der Waals surface area contributed by atoms with E-state index in [9.17, 15) is 4.79 Å². The highest BCUT2D eigenvalue weighted by molar-refractivity contribution is 9.08. The number of rotatable bonds is 1. The van der Waals surface area contributed by atoms with Gasteiger partial charge >= 0.3 is 6.09 Å². The van der Waals surface area contributed by atoms with Crippen LogP contribution in [-0.2, 0) is 23.0 Å². The molecule has 1 heterocycles. The minimum Gasteiger partial charge on any atom is -0.444 e. The van der Waals surface area contributed by atoms with Gasteiger partial charge in [-0.15, -0.1) is 0 Å². The SMILES string of the molecule is Cc1cc(CBr)cc2c1CN(C(=O)OC(C)(C)C)CC2. The molecule has 0 aromatic heterocycles. The second kappa shape index (κ2) is 5.76. The van der Waals surface area contributed by atoms with Crippen molar-refractivity contribution in [2.24, 2.45) is 0 Å². The average Bonchev–Trinajstić information content (AvgIpc) is 2.36. The lowest BCUT2D eigenvalue weighted by molar-refractivity contribution is 0.0223. The van der Waals surface area contributed by atoms with E-state index >= 15 is 0 Å². The molecular weight excluding hydrogens is 318 g/mol. The molecule has 0 saturated heterocycles. The lowest BCUT2D eigenvalue weighted by Crippen LogP contribution is -2.40. The van der Waals surface area contributed by atoms with Gasteiger partial charge in [-0.3, -0.25) is 0 Å². The third-order valence-electron chi connectivity index (χ3n) is 3.43. The molecule has 110 valence electrons. The van der Waals surface area contributed by atoms with Crippen molar-refractivity contribution in [3.05, 3.63) is 34.4 Å². The molecule has 3 nitrogen and oxygen atoms in total. The molecule has 1 amide bonds. The second-order valence-corrected chi connectivity index (χ2v) is 6.90. The Kier molecular flexibility index (Phi) is 4.43. The van der Waals surface area contributed by atoms with Crippen LogP contribution in [0.5, 0.6) is 0 Å². The smallest absolute Gasteiger partial charge is 0.410 e. The second-order valence-electron chi connectivity index (χ2n) is 6.34. The molecule has 0 fully saturated rings. The number of aryl methyl sites for hydroxylation is 1. The molecule has 1 aliphatic rings. The first-order valence-electron chi connectivity index (χ1n) is 6.95. The molecule has 0 atom stereocenters. The molecular formula is C16H22BrNO2. The maximum absolute atomic E-state index is 12.2. The Hall–Kier alpha value is -1.03. The zero-order chi connectivity index (χ0) is 14.9. The van der Waals surface area contributed by atoms with Gasteiger partial charge in [0.25, 0.3) is 0 Å². The summed E-state index contributed by atoms with van der Waals surface area (Å²) in [6.45, 7) is 9.19. The highest BCUT2D eigenvalue weighted by Crippen LogP contribution is 2.26. The monoisotopic (exact) mass is 339 g/mol. The van der Waals surface area contributed by atoms with Gasteiger partial charge in [0, 0.05) is 18.4 Å². The van der Waals surface area contributed by atoms with Crippen molar-refractivity contribution < 1.29 is 9.53 Å². The topological polar surface area (TPSA) is 29.5 Å². The van der Waals surface area contributed by atoms with Crippen molar-refractivity contribution in [1.29, 1.82) is 0 Å². The predicted molar refractivity (Wildman–Crippen MR) is 84.2 cm³/mol. The molecule has 0 unspecified atom stereocenters. The maximum Gasteiger partial charge on any atom is 0.410 e. The van der Waals surface area contributed by atoms with Crippen molar-refractivity contribution in [1.82, 2.24) is 4.90 Å². The number of hydrogen-bond acceptors (Lipinski definition) is 2. The Bertz CT molecular complexity index is 520. The van der Waals surface area contributed by atoms with E-state index in [2.05, 4.69) is 35.0 Å². The van der Waals surface area contributed by atoms with Gasteiger partial charge in [0.1, 0.15) is 5.60 Å². The molecule has 1 aliphatic heterocycles. The van der Waals surface area contributed by atoms with Crippen LogP contribution in [0.1, 0.15) is 43.0 Å². The number of carbonyl (C=O) groups excluding carboxylic acids is 1. The fourth-order valence-corrected chi connectivity index (χ4v) is 2.83. The van der Waals surface area contributed by atoms with Gasteiger partial charge in [-0.05, 0) is 56.4 Å². The van der Waals surface area contributed by atoms with E-state index in [-0.39, 0.29) is 6.09 Å². The molecule has 20 heavy (non-hydrogen) atoms. The fraction of sp³-hybridized carbons (Fsp3) is 0.562. The largest absolute Gasteiger partial charge is 0.444 e. The normalized spacial score (nSPS) is 14.9. The summed E-state index contributed by atoms with van der Waals surface area (Å²) >= 11 is 3.50. The zero-order valence-electron chi connectivity index (χ0n) is 12.6. The van der Waals surface area contributed by atoms with Crippen LogP contribution in [0.25, 0.3) is 0 Å². The van der Waals surface area contributed by atoms with Gasteiger partial charge in [0.2, 0.25) is 0 Å². The average molecular weight is 340 g/mol. The number of nitrogens with zero attached hydrogens (tertiary/aromatic N) is 1. The van der Waals surface area contributed by atoms with Crippen LogP contribution in [0.2, 0.25) is 0 Å². The fourth-order valence-electron chi connectivity index (χ4n) is 2.51. The predicted octanol–water partition coefficient (Wildman–Crippen LogP) is 4.18. The Morgan fingerprint density at radius 1 is 1.40 bits per heavy atom. The molecule has 4 heteroatoms. The van der Waals surface area contributed by atoms with Crippen LogP contribution in [0.4, 0.5) is 4.79 Å². The molecule has 0 saturated carbocycles. The van der Waals surface area contributed by atoms with Gasteiger partial charge in [0.15, 0.2) is 0 Å². The Labute approximate surface area is 129 Å². The van der Waals surface area contributed by atoms with Gasteiger partial charge in [-0.1, -0.05) is 28.1 Å². The first-order chi connectivity index (χ1) is 9.30. The highest BCUT2D eigenvalue weighted by Gasteiger charge is 2.26. The third-order valence-corrected chi connectivity index (χ3v) is 4.08. The lowest BCUT2D eigenvalue weighted by atomic mass is 9.93. The summed E-state index contributed by atoms with van der Waals surface area (Å²) < 4.78 is 5.46. The van der Waals surface area contributed by atoms with Crippen molar-refractivity contribution in [3.8, 4) is 0 Å². The molecule has 0 aliphatic carbocycles. The maximum atomic E-state index is 12.2. The number of carbonyl (C=O) groups is 1. The number of benzene rings is 1. The van der Waals surface area contributed by atoms with Gasteiger partial charge in [-0.25, -0.2) is 4.79 Å². The number of halogens is 1. The summed E-state index contributed by atoms with van der Waals surface area (Å²) in [5.74, 6) is 0. The Balaban J connectivity index is 2.17. The highest BCUT2D eigenvalue weighted by atomic mass is 79.9. The van der Waals surface area contributed by atoms with Gasteiger partial charge in [-0.2, -0.15) is 0 Å². The quantitative estimate of drug-likeness (QED) is 0.718. The molecule has 1 aromatic rings. The van der Waals surface area contributed by atoms with Crippen LogP contribution >= 0.6 is 15.9 Å². The van der Waals surface area contributed by atoms with Gasteiger partial charge < -0.3 is 9.64 Å². The van der Waals surface area contributed by atoms with Crippen LogP contribution in [-0.4, -0.2) is 23.1 Å². The van der Waals surface area contributed by atoms with E-state index < -0.39 is 5.60 Å². The van der Waals surface area contributed by atoms with Crippen molar-refractivity contribution >= 4 is 22.0 Å². The van der Waals surface area contributed by atoms with E-state index in [0.29, 0.717) is 6.54 Å². The summed E-state index contributed by atoms with van der Waals surface area (Å²) in [6.07, 6.45) is 0.683. The molecule has 0 N–H and O–H groups in total.